The lowest BCUT2D eigenvalue weighted by Gasteiger charge is -2.37. The summed E-state index contributed by atoms with van der Waals surface area (Å²) in [5.74, 6) is -0.316. The van der Waals surface area contributed by atoms with Crippen molar-refractivity contribution in [3.8, 4) is 17.4 Å². The fourth-order valence-electron chi connectivity index (χ4n) is 4.69. The molecule has 1 aliphatic heterocycles. The van der Waals surface area contributed by atoms with Crippen molar-refractivity contribution < 1.29 is 28.9 Å². The maximum atomic E-state index is 14.0. The van der Waals surface area contributed by atoms with Crippen molar-refractivity contribution in [3.63, 3.8) is 0 Å². The van der Waals surface area contributed by atoms with Crippen LogP contribution in [0.2, 0.25) is 0 Å². The first-order valence-corrected chi connectivity index (χ1v) is 12.6. The van der Waals surface area contributed by atoms with E-state index in [1.54, 1.807) is 61.8 Å². The maximum absolute atomic E-state index is 14.0. The number of nitrogens with zero attached hydrogens (tertiary/aromatic N) is 2. The average Bonchev–Trinajstić information content (AvgIpc) is 2.99. The van der Waals surface area contributed by atoms with E-state index in [0.717, 1.165) is 11.1 Å². The smallest absolute Gasteiger partial charge is 0.326 e. The SMILES string of the molecule is COc1ccc2c(c1OCc1ccccc1)C[C@H](C(=O)O)N(C(=O)[C@H](Oc1ccccn1)c1ccccc1)C2. The van der Waals surface area contributed by atoms with Gasteiger partial charge >= 0.3 is 5.97 Å². The largest absolute Gasteiger partial charge is 0.493 e. The second kappa shape index (κ2) is 11.7. The van der Waals surface area contributed by atoms with Crippen LogP contribution in [0, 0.1) is 0 Å². The summed E-state index contributed by atoms with van der Waals surface area (Å²) in [4.78, 5) is 32.1. The molecule has 0 saturated heterocycles. The molecule has 0 spiro atoms. The Morgan fingerprint density at radius 3 is 2.36 bits per heavy atom. The molecule has 3 aromatic carbocycles. The molecule has 39 heavy (non-hydrogen) atoms. The predicted molar refractivity (Wildman–Crippen MR) is 143 cm³/mol. The summed E-state index contributed by atoms with van der Waals surface area (Å²) in [5, 5.41) is 10.2. The Bertz CT molecular complexity index is 1430. The van der Waals surface area contributed by atoms with E-state index in [2.05, 4.69) is 4.98 Å². The molecule has 1 aromatic heterocycles. The minimum Gasteiger partial charge on any atom is -0.493 e. The molecule has 0 radical (unpaired) electrons. The number of hydrogen-bond donors (Lipinski definition) is 1. The van der Waals surface area contributed by atoms with E-state index in [0.29, 0.717) is 29.2 Å². The number of methoxy groups -OCH3 is 1. The van der Waals surface area contributed by atoms with Crippen LogP contribution in [-0.2, 0) is 29.2 Å². The van der Waals surface area contributed by atoms with Crippen LogP contribution in [0.4, 0.5) is 0 Å². The van der Waals surface area contributed by atoms with Crippen molar-refractivity contribution in [1.29, 1.82) is 0 Å². The monoisotopic (exact) mass is 524 g/mol. The van der Waals surface area contributed by atoms with Crippen LogP contribution in [-0.4, -0.2) is 40.0 Å². The summed E-state index contributed by atoms with van der Waals surface area (Å²) in [6, 6.07) is 26.4. The molecule has 2 atom stereocenters. The van der Waals surface area contributed by atoms with Crippen LogP contribution < -0.4 is 14.2 Å². The van der Waals surface area contributed by atoms with E-state index >= 15 is 0 Å². The van der Waals surface area contributed by atoms with Crippen LogP contribution in [0.1, 0.15) is 28.4 Å². The number of amides is 1. The van der Waals surface area contributed by atoms with Gasteiger partial charge in [-0.2, -0.15) is 0 Å². The lowest BCUT2D eigenvalue weighted by Crippen LogP contribution is -2.51. The number of aliphatic carboxylic acids is 1. The zero-order chi connectivity index (χ0) is 27.2. The Hall–Kier alpha value is -4.85. The second-order valence-electron chi connectivity index (χ2n) is 9.11. The van der Waals surface area contributed by atoms with E-state index in [-0.39, 0.29) is 18.8 Å². The maximum Gasteiger partial charge on any atom is 0.326 e. The number of fused-ring (bicyclic) bond motifs is 1. The first-order valence-electron chi connectivity index (χ1n) is 12.6. The van der Waals surface area contributed by atoms with Crippen LogP contribution in [0.5, 0.6) is 17.4 Å². The zero-order valence-electron chi connectivity index (χ0n) is 21.4. The zero-order valence-corrected chi connectivity index (χ0v) is 21.4. The third-order valence-electron chi connectivity index (χ3n) is 6.65. The van der Waals surface area contributed by atoms with Crippen molar-refractivity contribution in [2.24, 2.45) is 0 Å². The summed E-state index contributed by atoms with van der Waals surface area (Å²) in [5.41, 5.74) is 3.07. The van der Waals surface area contributed by atoms with Crippen molar-refractivity contribution in [1.82, 2.24) is 9.88 Å². The van der Waals surface area contributed by atoms with Gasteiger partial charge in [-0.25, -0.2) is 9.78 Å². The molecule has 8 heteroatoms. The van der Waals surface area contributed by atoms with E-state index in [1.807, 2.05) is 42.5 Å². The Balaban J connectivity index is 1.48. The number of carboxylic acids is 1. The van der Waals surface area contributed by atoms with Gasteiger partial charge in [0.1, 0.15) is 12.6 Å². The first kappa shape index (κ1) is 25.8. The summed E-state index contributed by atoms with van der Waals surface area (Å²) in [6.07, 6.45) is 0.559. The standard InChI is InChI=1S/C31H28N2O6/c1-37-26-16-15-23-19-33(25(31(35)36)18-24(23)29(26)38-20-21-10-4-2-5-11-21)30(34)28(22-12-6-3-7-13-22)39-27-14-8-9-17-32-27/h2-17,25,28H,18-20H2,1H3,(H,35,36)/t25-,28-/m1/s1. The van der Waals surface area contributed by atoms with E-state index < -0.39 is 24.0 Å². The van der Waals surface area contributed by atoms with E-state index in [9.17, 15) is 14.7 Å². The summed E-state index contributed by atoms with van der Waals surface area (Å²) < 4.78 is 17.8. The lowest BCUT2D eigenvalue weighted by atomic mass is 9.91. The van der Waals surface area contributed by atoms with Gasteiger partial charge in [0.2, 0.25) is 12.0 Å². The van der Waals surface area contributed by atoms with E-state index in [4.69, 9.17) is 14.2 Å². The average molecular weight is 525 g/mol. The highest BCUT2D eigenvalue weighted by Gasteiger charge is 2.40. The van der Waals surface area contributed by atoms with Gasteiger partial charge in [-0.3, -0.25) is 4.79 Å². The Morgan fingerprint density at radius 2 is 1.69 bits per heavy atom. The molecule has 0 fully saturated rings. The van der Waals surface area contributed by atoms with Crippen molar-refractivity contribution in [3.05, 3.63) is 119 Å². The highest BCUT2D eigenvalue weighted by Crippen LogP contribution is 2.39. The van der Waals surface area contributed by atoms with Crippen LogP contribution in [0.3, 0.4) is 0 Å². The summed E-state index contributed by atoms with van der Waals surface area (Å²) in [7, 11) is 1.55. The number of ether oxygens (including phenoxy) is 3. The molecular weight excluding hydrogens is 496 g/mol. The second-order valence-corrected chi connectivity index (χ2v) is 9.11. The molecule has 1 aliphatic rings. The minimum absolute atomic E-state index is 0.0584. The van der Waals surface area contributed by atoms with Crippen LogP contribution in [0.25, 0.3) is 0 Å². The number of carbonyl (C=O) groups is 2. The number of rotatable bonds is 9. The summed E-state index contributed by atoms with van der Waals surface area (Å²) in [6.45, 7) is 0.369. The molecule has 1 amide bonds. The van der Waals surface area contributed by atoms with Gasteiger partial charge in [-0.05, 0) is 23.3 Å². The normalized spacial score (nSPS) is 15.1. The molecule has 0 bridgehead atoms. The van der Waals surface area contributed by atoms with Gasteiger partial charge in [0, 0.05) is 36.4 Å². The number of carboxylic acid groups (broad SMARTS) is 1. The van der Waals surface area contributed by atoms with Crippen LogP contribution in [0.15, 0.2) is 97.2 Å². The quantitative estimate of drug-likeness (QED) is 0.335. The van der Waals surface area contributed by atoms with Crippen molar-refractivity contribution in [2.75, 3.05) is 7.11 Å². The van der Waals surface area contributed by atoms with Gasteiger partial charge in [-0.15, -0.1) is 0 Å². The number of aromatic nitrogens is 1. The summed E-state index contributed by atoms with van der Waals surface area (Å²) >= 11 is 0. The van der Waals surface area contributed by atoms with E-state index in [1.165, 1.54) is 4.90 Å². The third kappa shape index (κ3) is 5.70. The molecule has 198 valence electrons. The number of hydrogen-bond acceptors (Lipinski definition) is 6. The first-order chi connectivity index (χ1) is 19.0. The highest BCUT2D eigenvalue weighted by molar-refractivity contribution is 5.88. The molecule has 5 rings (SSSR count). The Labute approximate surface area is 226 Å². The van der Waals surface area contributed by atoms with Gasteiger partial charge in [0.25, 0.3) is 5.91 Å². The van der Waals surface area contributed by atoms with Gasteiger partial charge < -0.3 is 24.2 Å². The minimum atomic E-state index is -1.13. The molecule has 2 heterocycles. The van der Waals surface area contributed by atoms with Gasteiger partial charge in [-0.1, -0.05) is 72.8 Å². The third-order valence-corrected chi connectivity index (χ3v) is 6.65. The molecule has 0 aliphatic carbocycles. The fourth-order valence-corrected chi connectivity index (χ4v) is 4.69. The molecule has 8 nitrogen and oxygen atoms in total. The predicted octanol–water partition coefficient (Wildman–Crippen LogP) is 4.83. The van der Waals surface area contributed by atoms with Gasteiger partial charge in [0.05, 0.1) is 7.11 Å². The molecule has 1 N–H and O–H groups in total. The van der Waals surface area contributed by atoms with Crippen LogP contribution >= 0.6 is 0 Å². The molecule has 0 unspecified atom stereocenters. The Kier molecular flexibility index (Phi) is 7.73. The topological polar surface area (TPSA) is 98.2 Å². The van der Waals surface area contributed by atoms with Crippen molar-refractivity contribution >= 4 is 11.9 Å². The molecular formula is C31H28N2O6. The fraction of sp³-hybridized carbons (Fsp3) is 0.194. The van der Waals surface area contributed by atoms with Gasteiger partial charge in [0.15, 0.2) is 11.5 Å². The molecule has 4 aromatic rings. The lowest BCUT2D eigenvalue weighted by molar-refractivity contribution is -0.155. The number of benzene rings is 3. The van der Waals surface area contributed by atoms with Crippen molar-refractivity contribution in [2.45, 2.75) is 31.7 Å². The number of pyridine rings is 1. The molecule has 0 saturated carbocycles. The number of carbonyl (C=O) groups excluding carboxylic acids is 1. The Morgan fingerprint density at radius 1 is 0.974 bits per heavy atom. The highest BCUT2D eigenvalue weighted by atomic mass is 16.5.